The average Bonchev–Trinajstić information content (AvgIpc) is 2.04. The number of aromatic nitrogens is 1. The lowest BCUT2D eigenvalue weighted by atomic mass is 10.4. The van der Waals surface area contributed by atoms with Crippen molar-refractivity contribution < 1.29 is 9.13 Å². The predicted molar refractivity (Wildman–Crippen MR) is 46.0 cm³/mol. The average molecular weight is 202 g/mol. The van der Waals surface area contributed by atoms with Gasteiger partial charge in [-0.1, -0.05) is 0 Å². The van der Waals surface area contributed by atoms with Gasteiger partial charge in [0, 0.05) is 18.5 Å². The quantitative estimate of drug-likeness (QED) is 0.540. The van der Waals surface area contributed by atoms with Crippen LogP contribution in [0.25, 0.3) is 0 Å². The van der Waals surface area contributed by atoms with E-state index in [2.05, 4.69) is 4.98 Å². The third-order valence-electron chi connectivity index (χ3n) is 1.39. The van der Waals surface area contributed by atoms with Crippen LogP contribution >= 0.6 is 0 Å². The van der Waals surface area contributed by atoms with Gasteiger partial charge in [-0.3, -0.25) is 19.1 Å². The maximum Gasteiger partial charge on any atom is 0.335 e. The van der Waals surface area contributed by atoms with Crippen LogP contribution in [0.1, 0.15) is 0 Å². The van der Waals surface area contributed by atoms with Crippen molar-refractivity contribution in [2.24, 2.45) is 0 Å². The predicted octanol–water partition coefficient (Wildman–Crippen LogP) is 0.0205. The summed E-state index contributed by atoms with van der Waals surface area (Å²) in [4.78, 5) is 22.7. The summed E-state index contributed by atoms with van der Waals surface area (Å²) >= 11 is 0. The number of pyridine rings is 1. The van der Waals surface area contributed by atoms with E-state index >= 15 is 0 Å². The van der Waals surface area contributed by atoms with Crippen LogP contribution in [0.2, 0.25) is 0 Å². The zero-order chi connectivity index (χ0) is 10.0. The number of nitrogens with one attached hydrogen (secondary N) is 1. The van der Waals surface area contributed by atoms with Gasteiger partial charge in [0.05, 0.1) is 20.6 Å². The molecule has 0 aliphatic heterocycles. The second kappa shape index (κ2) is 3.48. The first-order chi connectivity index (χ1) is 6.02. The number of aromatic amines is 1. The van der Waals surface area contributed by atoms with Crippen LogP contribution in [0.15, 0.2) is 22.0 Å². The summed E-state index contributed by atoms with van der Waals surface area (Å²) in [6.07, 6.45) is 2.57. The van der Waals surface area contributed by atoms with Gasteiger partial charge in [0.2, 0.25) is 0 Å². The molecule has 1 N–H and O–H groups in total. The minimum atomic E-state index is -1.34. The summed E-state index contributed by atoms with van der Waals surface area (Å²) in [5.74, 6) is 0. The fraction of sp³-hybridized carbons (Fsp3) is 0.167. The fourth-order valence-corrected chi connectivity index (χ4v) is 1.26. The molecule has 1 aromatic heterocycles. The molecule has 70 valence electrons. The monoisotopic (exact) mass is 202 g/mol. The molecule has 13 heavy (non-hydrogen) atoms. The third-order valence-corrected chi connectivity index (χ3v) is 2.29. The number of rotatable bonds is 2. The molecular formula is C6H6N2O4S. The highest BCUT2D eigenvalue weighted by Crippen LogP contribution is 2.08. The Hall–Kier alpha value is -1.50. The summed E-state index contributed by atoms with van der Waals surface area (Å²) in [7, 11) is -1.34. The van der Waals surface area contributed by atoms with Crippen LogP contribution in [-0.2, 0) is 10.8 Å². The molecule has 1 heterocycles. The van der Waals surface area contributed by atoms with Crippen molar-refractivity contribution in [3.05, 3.63) is 32.7 Å². The summed E-state index contributed by atoms with van der Waals surface area (Å²) in [5.41, 5.74) is -1.38. The molecule has 0 aliphatic carbocycles. The molecular weight excluding hydrogens is 196 g/mol. The molecule has 1 unspecified atom stereocenters. The van der Waals surface area contributed by atoms with Gasteiger partial charge >= 0.3 is 11.2 Å². The van der Waals surface area contributed by atoms with Crippen molar-refractivity contribution in [2.75, 3.05) is 6.26 Å². The van der Waals surface area contributed by atoms with Crippen molar-refractivity contribution in [1.29, 1.82) is 0 Å². The van der Waals surface area contributed by atoms with Gasteiger partial charge in [-0.25, -0.2) is 0 Å². The molecule has 6 nitrogen and oxygen atoms in total. The molecule has 7 heteroatoms. The Balaban J connectivity index is 3.35. The Kier molecular flexibility index (Phi) is 2.57. The van der Waals surface area contributed by atoms with Crippen molar-refractivity contribution in [1.82, 2.24) is 4.98 Å². The highest BCUT2D eigenvalue weighted by atomic mass is 32.2. The van der Waals surface area contributed by atoms with Gasteiger partial charge in [0.25, 0.3) is 0 Å². The van der Waals surface area contributed by atoms with E-state index in [1.54, 1.807) is 0 Å². The smallest absolute Gasteiger partial charge is 0.322 e. The van der Waals surface area contributed by atoms with Crippen LogP contribution in [0.3, 0.4) is 0 Å². The normalized spacial score (nSPS) is 12.4. The van der Waals surface area contributed by atoms with E-state index in [-0.39, 0.29) is 4.90 Å². The molecule has 0 saturated heterocycles. The van der Waals surface area contributed by atoms with Gasteiger partial charge in [-0.05, 0) is 0 Å². The summed E-state index contributed by atoms with van der Waals surface area (Å²) in [6, 6.07) is 1.01. The summed E-state index contributed by atoms with van der Waals surface area (Å²) in [5, 5.41) is 10.3. The molecule has 1 rings (SSSR count). The van der Waals surface area contributed by atoms with Gasteiger partial charge in [-0.2, -0.15) is 0 Å². The molecule has 0 fully saturated rings. The molecule has 0 saturated carbocycles. The number of H-pyrrole nitrogens is 1. The van der Waals surface area contributed by atoms with Crippen LogP contribution < -0.4 is 5.56 Å². The lowest BCUT2D eigenvalue weighted by Gasteiger charge is -1.94. The zero-order valence-corrected chi connectivity index (χ0v) is 7.46. The van der Waals surface area contributed by atoms with Crippen LogP contribution in [-0.4, -0.2) is 20.4 Å². The Bertz CT molecular complexity index is 425. The standard InChI is InChI=1S/C6H6N2O4S/c1-13(12)4-2-5(8(10)11)6(9)7-3-4/h2-3H,1H3,(H,7,9). The van der Waals surface area contributed by atoms with E-state index in [0.29, 0.717) is 0 Å². The number of nitro groups is 1. The van der Waals surface area contributed by atoms with Crippen molar-refractivity contribution >= 4 is 16.5 Å². The van der Waals surface area contributed by atoms with E-state index in [0.717, 1.165) is 6.07 Å². The molecule has 0 amide bonds. The number of nitrogens with zero attached hydrogens (tertiary/aromatic N) is 1. The first kappa shape index (κ1) is 9.59. The molecule has 1 aromatic rings. The molecule has 1 atom stereocenters. The van der Waals surface area contributed by atoms with Crippen molar-refractivity contribution in [2.45, 2.75) is 4.90 Å². The summed E-state index contributed by atoms with van der Waals surface area (Å²) < 4.78 is 10.9. The van der Waals surface area contributed by atoms with E-state index in [1.807, 2.05) is 0 Å². The maximum atomic E-state index is 10.9. The minimum absolute atomic E-state index is 0.228. The van der Waals surface area contributed by atoms with Crippen LogP contribution in [0, 0.1) is 10.1 Å². The maximum absolute atomic E-state index is 10.9. The van der Waals surface area contributed by atoms with Crippen LogP contribution in [0.4, 0.5) is 5.69 Å². The Morgan fingerprint density at radius 3 is 2.69 bits per heavy atom. The molecule has 0 aliphatic rings. The van der Waals surface area contributed by atoms with Gasteiger partial charge in [0.15, 0.2) is 0 Å². The van der Waals surface area contributed by atoms with Crippen molar-refractivity contribution in [3.8, 4) is 0 Å². The second-order valence-electron chi connectivity index (χ2n) is 2.26. The summed E-state index contributed by atoms with van der Waals surface area (Å²) in [6.45, 7) is 0. The van der Waals surface area contributed by atoms with Crippen LogP contribution in [0.5, 0.6) is 0 Å². The topological polar surface area (TPSA) is 93.1 Å². The first-order valence-electron chi connectivity index (χ1n) is 3.23. The highest BCUT2D eigenvalue weighted by Gasteiger charge is 2.13. The van der Waals surface area contributed by atoms with E-state index in [1.165, 1.54) is 12.5 Å². The number of hydrogen-bond acceptors (Lipinski definition) is 4. The Morgan fingerprint density at radius 1 is 1.62 bits per heavy atom. The zero-order valence-electron chi connectivity index (χ0n) is 6.64. The Morgan fingerprint density at radius 2 is 2.23 bits per heavy atom. The fourth-order valence-electron chi connectivity index (χ4n) is 0.754. The molecule has 0 bridgehead atoms. The number of hydrogen-bond donors (Lipinski definition) is 1. The van der Waals surface area contributed by atoms with E-state index in [4.69, 9.17) is 0 Å². The highest BCUT2D eigenvalue weighted by molar-refractivity contribution is 7.84. The van der Waals surface area contributed by atoms with E-state index < -0.39 is 27.0 Å². The van der Waals surface area contributed by atoms with Crippen molar-refractivity contribution in [3.63, 3.8) is 0 Å². The third kappa shape index (κ3) is 2.00. The molecule has 0 spiro atoms. The van der Waals surface area contributed by atoms with E-state index in [9.17, 15) is 19.1 Å². The lowest BCUT2D eigenvalue weighted by molar-refractivity contribution is -0.386. The van der Waals surface area contributed by atoms with Gasteiger partial charge in [-0.15, -0.1) is 0 Å². The molecule has 0 aromatic carbocycles. The second-order valence-corrected chi connectivity index (χ2v) is 3.64. The molecule has 0 radical (unpaired) electrons. The lowest BCUT2D eigenvalue weighted by Crippen LogP contribution is -2.11. The van der Waals surface area contributed by atoms with Gasteiger partial charge < -0.3 is 4.98 Å². The minimum Gasteiger partial charge on any atom is -0.322 e. The first-order valence-corrected chi connectivity index (χ1v) is 4.78. The Labute approximate surface area is 75.2 Å². The van der Waals surface area contributed by atoms with Gasteiger partial charge in [0.1, 0.15) is 0 Å². The largest absolute Gasteiger partial charge is 0.335 e. The SMILES string of the molecule is CS(=O)c1c[nH]c(=O)c([N+](=O)[O-])c1.